The number of amides is 2. The van der Waals surface area contributed by atoms with E-state index in [0.717, 1.165) is 0 Å². The molecule has 2 amide bonds. The number of rotatable bonds is 13. The van der Waals surface area contributed by atoms with Crippen molar-refractivity contribution in [2.45, 2.75) is 77.0 Å². The molecule has 2 aromatic carbocycles. The highest BCUT2D eigenvalue weighted by Crippen LogP contribution is 2.20. The number of nitro benzene ring substituents is 2. The van der Waals surface area contributed by atoms with Crippen molar-refractivity contribution < 1.29 is 48.6 Å². The lowest BCUT2D eigenvalue weighted by molar-refractivity contribution is -0.385. The summed E-state index contributed by atoms with van der Waals surface area (Å²) in [5.41, 5.74) is -2.17. The van der Waals surface area contributed by atoms with Crippen LogP contribution in [-0.4, -0.2) is 81.0 Å². The molecule has 0 unspecified atom stereocenters. The molecule has 0 radical (unpaired) electrons. The molecule has 4 N–H and O–H groups in total. The van der Waals surface area contributed by atoms with E-state index in [4.69, 9.17) is 18.9 Å². The lowest BCUT2D eigenvalue weighted by atomic mass is 10.00. The molecule has 0 aliphatic carbocycles. The topological polar surface area (TPSA) is 222 Å². The van der Waals surface area contributed by atoms with E-state index < -0.39 is 70.7 Å². The Hall–Kier alpha value is -4.70. The SMILES string of the molecule is CC(C)(C)OC(=O)N[C@@H](COc1ccc([N+](=O)[O-])cc1)[C@@H](O)[C@H](O)[C@H](COc1ccc([N+](=O)[O-])cc1)NC(=O)OC(C)(C)C. The number of hydrogen-bond acceptors (Lipinski definition) is 12. The first kappa shape index (κ1) is 35.5. The summed E-state index contributed by atoms with van der Waals surface area (Å²) < 4.78 is 21.8. The van der Waals surface area contributed by atoms with Gasteiger partial charge in [-0.15, -0.1) is 0 Å². The zero-order valence-electron chi connectivity index (χ0n) is 25.2. The average molecular weight is 623 g/mol. The maximum Gasteiger partial charge on any atom is 0.408 e. The van der Waals surface area contributed by atoms with Gasteiger partial charge in [0.15, 0.2) is 0 Å². The van der Waals surface area contributed by atoms with Crippen LogP contribution in [-0.2, 0) is 9.47 Å². The van der Waals surface area contributed by atoms with Crippen molar-refractivity contribution in [2.75, 3.05) is 13.2 Å². The van der Waals surface area contributed by atoms with Gasteiger partial charge >= 0.3 is 12.2 Å². The van der Waals surface area contributed by atoms with Gasteiger partial charge in [0.05, 0.1) is 21.9 Å². The molecule has 0 aromatic heterocycles. The van der Waals surface area contributed by atoms with E-state index in [1.807, 2.05) is 0 Å². The molecule has 0 fully saturated rings. The molecule has 0 aliphatic rings. The molecule has 16 nitrogen and oxygen atoms in total. The first-order valence-electron chi connectivity index (χ1n) is 13.4. The van der Waals surface area contributed by atoms with Crippen LogP contribution in [0.15, 0.2) is 48.5 Å². The van der Waals surface area contributed by atoms with Gasteiger partial charge in [-0.25, -0.2) is 9.59 Å². The summed E-state index contributed by atoms with van der Waals surface area (Å²) >= 11 is 0. The summed E-state index contributed by atoms with van der Waals surface area (Å²) in [6.07, 6.45) is -5.50. The van der Waals surface area contributed by atoms with Crippen molar-refractivity contribution in [2.24, 2.45) is 0 Å². The molecule has 2 aromatic rings. The van der Waals surface area contributed by atoms with Gasteiger partial charge in [0.25, 0.3) is 11.4 Å². The van der Waals surface area contributed by atoms with Gasteiger partial charge in [-0.3, -0.25) is 20.2 Å². The summed E-state index contributed by atoms with van der Waals surface area (Å²) in [5, 5.41) is 49.2. The minimum absolute atomic E-state index is 0.165. The van der Waals surface area contributed by atoms with Crippen molar-refractivity contribution >= 4 is 23.6 Å². The molecule has 2 rings (SSSR count). The van der Waals surface area contributed by atoms with Gasteiger partial charge < -0.3 is 39.8 Å². The fourth-order valence-electron chi connectivity index (χ4n) is 3.55. The predicted molar refractivity (Wildman–Crippen MR) is 156 cm³/mol. The Balaban J connectivity index is 2.29. The van der Waals surface area contributed by atoms with Gasteiger partial charge in [0.1, 0.15) is 48.1 Å². The van der Waals surface area contributed by atoms with Crippen molar-refractivity contribution in [3.63, 3.8) is 0 Å². The highest BCUT2D eigenvalue weighted by Gasteiger charge is 2.37. The van der Waals surface area contributed by atoms with Gasteiger partial charge in [-0.1, -0.05) is 0 Å². The van der Waals surface area contributed by atoms with Gasteiger partial charge in [-0.05, 0) is 65.8 Å². The highest BCUT2D eigenvalue weighted by atomic mass is 16.6. The maximum absolute atomic E-state index is 12.6. The third kappa shape index (κ3) is 12.3. The molecule has 44 heavy (non-hydrogen) atoms. The molecule has 16 heteroatoms. The summed E-state index contributed by atoms with van der Waals surface area (Å²) in [7, 11) is 0. The number of ether oxygens (including phenoxy) is 4. The average Bonchev–Trinajstić information content (AvgIpc) is 2.90. The second kappa shape index (κ2) is 15.2. The van der Waals surface area contributed by atoms with Crippen LogP contribution in [0.5, 0.6) is 11.5 Å². The number of nitrogens with zero attached hydrogens (tertiary/aromatic N) is 2. The summed E-state index contributed by atoms with van der Waals surface area (Å²) in [4.78, 5) is 45.9. The van der Waals surface area contributed by atoms with E-state index in [1.165, 1.54) is 48.5 Å². The molecule has 0 heterocycles. The Morgan fingerprint density at radius 2 is 0.977 bits per heavy atom. The second-order valence-electron chi connectivity index (χ2n) is 11.6. The molecule has 0 spiro atoms. The van der Waals surface area contributed by atoms with Crippen LogP contribution in [0.1, 0.15) is 41.5 Å². The number of benzene rings is 2. The van der Waals surface area contributed by atoms with E-state index in [-0.39, 0.29) is 22.9 Å². The van der Waals surface area contributed by atoms with Crippen LogP contribution in [0.25, 0.3) is 0 Å². The Bertz CT molecular complexity index is 1170. The Labute approximate surface area is 253 Å². The Morgan fingerprint density at radius 3 is 1.23 bits per heavy atom. The summed E-state index contributed by atoms with van der Waals surface area (Å²) in [6.45, 7) is 8.86. The number of hydrogen-bond donors (Lipinski definition) is 4. The van der Waals surface area contributed by atoms with E-state index in [0.29, 0.717) is 0 Å². The second-order valence-corrected chi connectivity index (χ2v) is 11.6. The van der Waals surface area contributed by atoms with E-state index in [9.17, 15) is 40.0 Å². The van der Waals surface area contributed by atoms with Crippen LogP contribution >= 0.6 is 0 Å². The molecule has 4 atom stereocenters. The number of carbonyl (C=O) groups excluding carboxylic acids is 2. The number of aliphatic hydroxyl groups excluding tert-OH is 2. The lowest BCUT2D eigenvalue weighted by Crippen LogP contribution is -2.59. The van der Waals surface area contributed by atoms with E-state index in [1.54, 1.807) is 41.5 Å². The minimum Gasteiger partial charge on any atom is -0.491 e. The number of nitrogens with one attached hydrogen (secondary N) is 2. The molecule has 0 saturated heterocycles. The quantitative estimate of drug-likeness (QED) is 0.186. The van der Waals surface area contributed by atoms with Crippen LogP contribution in [0.4, 0.5) is 21.0 Å². The highest BCUT2D eigenvalue weighted by molar-refractivity contribution is 5.69. The van der Waals surface area contributed by atoms with Crippen LogP contribution < -0.4 is 20.1 Å². The number of carbonyl (C=O) groups is 2. The fourth-order valence-corrected chi connectivity index (χ4v) is 3.55. The Morgan fingerprint density at radius 1 is 0.682 bits per heavy atom. The first-order valence-corrected chi connectivity index (χ1v) is 13.4. The maximum atomic E-state index is 12.6. The predicted octanol–water partition coefficient (Wildman–Crippen LogP) is 3.47. The Kier molecular flexibility index (Phi) is 12.2. The van der Waals surface area contributed by atoms with Crippen LogP contribution in [0.2, 0.25) is 0 Å². The minimum atomic E-state index is -1.80. The van der Waals surface area contributed by atoms with E-state index in [2.05, 4.69) is 10.6 Å². The lowest BCUT2D eigenvalue weighted by Gasteiger charge is -2.33. The van der Waals surface area contributed by atoms with Gasteiger partial charge in [-0.2, -0.15) is 0 Å². The number of aliphatic hydroxyl groups is 2. The molecule has 242 valence electrons. The van der Waals surface area contributed by atoms with Crippen LogP contribution in [0.3, 0.4) is 0 Å². The largest absolute Gasteiger partial charge is 0.491 e. The van der Waals surface area contributed by atoms with E-state index >= 15 is 0 Å². The third-order valence-corrected chi connectivity index (χ3v) is 5.53. The monoisotopic (exact) mass is 622 g/mol. The van der Waals surface area contributed by atoms with Crippen LogP contribution in [0, 0.1) is 20.2 Å². The normalized spacial score (nSPS) is 14.3. The van der Waals surface area contributed by atoms with Gasteiger partial charge in [0, 0.05) is 24.3 Å². The van der Waals surface area contributed by atoms with Gasteiger partial charge in [0.2, 0.25) is 0 Å². The summed E-state index contributed by atoms with van der Waals surface area (Å²) in [5.74, 6) is 0.330. The number of nitro groups is 2. The zero-order chi connectivity index (χ0) is 33.2. The fraction of sp³-hybridized carbons (Fsp3) is 0.500. The number of alkyl carbamates (subject to hydrolysis) is 2. The third-order valence-electron chi connectivity index (χ3n) is 5.53. The van der Waals surface area contributed by atoms with Crippen molar-refractivity contribution in [3.8, 4) is 11.5 Å². The van der Waals surface area contributed by atoms with Crippen molar-refractivity contribution in [3.05, 3.63) is 68.8 Å². The smallest absolute Gasteiger partial charge is 0.408 e. The number of non-ortho nitro benzene ring substituents is 2. The standard InChI is InChI=1S/C28H38N4O12/c1-27(2,3)43-25(35)29-21(15-41-19-11-7-17(8-12-19)31(37)38)23(33)24(34)22(30-26(36)44-28(4,5)6)16-42-20-13-9-18(10-14-20)32(39)40/h7-14,21-24,33-34H,15-16H2,1-6H3,(H,29,35)(H,30,36)/t21-,22-,23+,24+/m0/s1. The zero-order valence-corrected chi connectivity index (χ0v) is 25.2. The summed E-state index contributed by atoms with van der Waals surface area (Å²) in [6, 6.07) is 7.40. The molecular weight excluding hydrogens is 584 g/mol. The molecule has 0 aliphatic heterocycles. The molecule has 0 bridgehead atoms. The first-order chi connectivity index (χ1) is 20.3. The van der Waals surface area contributed by atoms with Crippen molar-refractivity contribution in [1.29, 1.82) is 0 Å². The van der Waals surface area contributed by atoms with Crippen molar-refractivity contribution in [1.82, 2.24) is 10.6 Å². The molecular formula is C28H38N4O12. The molecule has 0 saturated carbocycles.